The Morgan fingerprint density at radius 3 is 2.50 bits per heavy atom. The number of fused-ring (bicyclic) bond motifs is 5. The number of nitrogens with one attached hydrogen (secondary N) is 4. The summed E-state index contributed by atoms with van der Waals surface area (Å²) < 4.78 is 32.1. The molecule has 42 heavy (non-hydrogen) atoms. The first kappa shape index (κ1) is 30.2. The summed E-state index contributed by atoms with van der Waals surface area (Å²) in [5, 5.41) is 14.4. The Kier molecular flexibility index (Phi) is 9.10. The van der Waals surface area contributed by atoms with Crippen LogP contribution in [0.25, 0.3) is 0 Å². The highest BCUT2D eigenvalue weighted by Gasteiger charge is 2.57. The van der Waals surface area contributed by atoms with Crippen LogP contribution < -0.4 is 21.3 Å². The molecule has 6 rings (SSSR count). The molecule has 0 spiro atoms. The first-order valence-corrected chi connectivity index (χ1v) is 16.5. The summed E-state index contributed by atoms with van der Waals surface area (Å²) in [5.41, 5.74) is 0. The van der Waals surface area contributed by atoms with Gasteiger partial charge in [-0.3, -0.25) is 15.0 Å². The number of hydrogen-bond acceptors (Lipinski definition) is 6. The monoisotopic (exact) mass is 591 g/mol. The van der Waals surface area contributed by atoms with E-state index in [9.17, 15) is 9.59 Å². The van der Waals surface area contributed by atoms with Crippen molar-refractivity contribution in [2.75, 3.05) is 39.3 Å². The van der Waals surface area contributed by atoms with Crippen LogP contribution in [-0.4, -0.2) is 115 Å². The summed E-state index contributed by atoms with van der Waals surface area (Å²) in [6.45, 7) is 12.0. The van der Waals surface area contributed by atoms with E-state index in [1.165, 1.54) is 6.08 Å². The maximum absolute atomic E-state index is 16.4. The third-order valence-electron chi connectivity index (χ3n) is 11.3. The number of hydrogen-bond donors (Lipinski definition) is 4. The van der Waals surface area contributed by atoms with Crippen LogP contribution in [0.15, 0.2) is 12.7 Å². The van der Waals surface area contributed by atoms with Gasteiger partial charge >= 0.3 is 6.03 Å². The fourth-order valence-corrected chi connectivity index (χ4v) is 9.27. The molecule has 0 aromatic carbocycles. The minimum absolute atomic E-state index is 0.0404. The molecule has 5 aliphatic heterocycles. The summed E-state index contributed by atoms with van der Waals surface area (Å²) >= 11 is 0. The van der Waals surface area contributed by atoms with Crippen molar-refractivity contribution in [1.29, 1.82) is 0 Å². The van der Waals surface area contributed by atoms with Gasteiger partial charge in [-0.1, -0.05) is 20.4 Å². The van der Waals surface area contributed by atoms with Gasteiger partial charge in [0.05, 0.1) is 18.4 Å². The van der Waals surface area contributed by atoms with Crippen molar-refractivity contribution >= 4 is 11.9 Å². The molecule has 11 unspecified atom stereocenters. The van der Waals surface area contributed by atoms with Crippen LogP contribution in [0, 0.1) is 23.7 Å². The van der Waals surface area contributed by atoms with Crippen molar-refractivity contribution in [2.24, 2.45) is 23.7 Å². The molecule has 6 fully saturated rings. The van der Waals surface area contributed by atoms with Crippen molar-refractivity contribution in [1.82, 2.24) is 36.0 Å². The smallest absolute Gasteiger partial charge is 0.320 e. The molecule has 5 saturated heterocycles. The van der Waals surface area contributed by atoms with Crippen molar-refractivity contribution in [3.05, 3.63) is 12.7 Å². The molecule has 0 radical (unpaired) electrons. The Morgan fingerprint density at radius 2 is 1.76 bits per heavy atom. The van der Waals surface area contributed by atoms with E-state index in [1.807, 2.05) is 4.90 Å². The fourth-order valence-electron chi connectivity index (χ4n) is 9.27. The minimum Gasteiger partial charge on any atom is -0.337 e. The quantitative estimate of drug-likeness (QED) is 0.377. The van der Waals surface area contributed by atoms with E-state index < -0.39 is 30.5 Å². The lowest BCUT2D eigenvalue weighted by molar-refractivity contribution is -0.129. The number of nitrogens with zero attached hydrogens (tertiary/aromatic N) is 3. The third kappa shape index (κ3) is 5.59. The Hall–Kier alpha value is -1.82. The molecule has 1 aliphatic carbocycles. The number of carbonyl (C=O) groups excluding carboxylic acids is 2. The Morgan fingerprint density at radius 1 is 0.976 bits per heavy atom. The Labute approximate surface area is 249 Å². The number of urea groups is 1. The van der Waals surface area contributed by atoms with Crippen molar-refractivity contribution in [3.63, 3.8) is 0 Å². The Bertz CT molecular complexity index is 994. The number of halogens is 2. The highest BCUT2D eigenvalue weighted by atomic mass is 19.1. The zero-order valence-electron chi connectivity index (χ0n) is 25.3. The van der Waals surface area contributed by atoms with Crippen LogP contribution in [0.1, 0.15) is 58.8 Å². The normalized spacial score (nSPS) is 43.4. The van der Waals surface area contributed by atoms with E-state index in [-0.39, 0.29) is 48.6 Å². The molecular formula is C31H51F2N7O2. The van der Waals surface area contributed by atoms with Gasteiger partial charge in [0, 0.05) is 56.1 Å². The molecule has 11 atom stereocenters. The van der Waals surface area contributed by atoms with Crippen LogP contribution in [0.3, 0.4) is 0 Å². The van der Waals surface area contributed by atoms with E-state index in [0.29, 0.717) is 44.4 Å². The van der Waals surface area contributed by atoms with Crippen molar-refractivity contribution in [3.8, 4) is 0 Å². The zero-order chi connectivity index (χ0) is 29.5. The minimum atomic E-state index is -1.22. The SMILES string of the molecule is C=CC(=O)N1CCN(C2NC(=O)N3C4NC(C(F)CC24)C2C(F)CCCC2NCCCC2CCNC(C(C)C)C23)CC1. The molecular weight excluding hydrogens is 540 g/mol. The van der Waals surface area contributed by atoms with Gasteiger partial charge in [-0.2, -0.15) is 0 Å². The maximum Gasteiger partial charge on any atom is 0.320 e. The van der Waals surface area contributed by atoms with E-state index in [2.05, 4.69) is 46.6 Å². The van der Waals surface area contributed by atoms with Crippen LogP contribution >= 0.6 is 0 Å². The topological polar surface area (TPSA) is 92.0 Å². The van der Waals surface area contributed by atoms with Crippen molar-refractivity contribution in [2.45, 2.75) is 108 Å². The van der Waals surface area contributed by atoms with Gasteiger partial charge in [0.15, 0.2) is 0 Å². The summed E-state index contributed by atoms with van der Waals surface area (Å²) in [5.74, 6) is -0.118. The number of piperazine rings is 1. The largest absolute Gasteiger partial charge is 0.337 e. The van der Waals surface area contributed by atoms with Crippen LogP contribution in [0.2, 0.25) is 0 Å². The standard InChI is InChI=1S/C31H51F2N7O2/c1-4-24(41)38-13-15-39(16-14-38)29-20-17-22(33)27-25-21(32)8-5-9-23(25)34-11-6-7-19-10-12-35-26(18(2)3)28(19)40(30(20)36-27)31(42)37-29/h4,18-23,25-30,34-36H,1,5-17H2,2-3H3,(H,37,42). The van der Waals surface area contributed by atoms with Crippen molar-refractivity contribution < 1.29 is 18.4 Å². The van der Waals surface area contributed by atoms with Crippen LogP contribution in [0.4, 0.5) is 13.6 Å². The number of carbonyl (C=O) groups is 2. The second-order valence-electron chi connectivity index (χ2n) is 13.9. The lowest BCUT2D eigenvalue weighted by Gasteiger charge is -2.60. The van der Waals surface area contributed by atoms with Crippen LogP contribution in [-0.2, 0) is 4.79 Å². The second kappa shape index (κ2) is 12.7. The molecule has 0 aromatic rings. The number of piperidine rings is 2. The zero-order valence-corrected chi connectivity index (χ0v) is 25.3. The summed E-state index contributed by atoms with van der Waals surface area (Å²) in [4.78, 5) is 32.5. The highest BCUT2D eigenvalue weighted by Crippen LogP contribution is 2.42. The van der Waals surface area contributed by atoms with Gasteiger partial charge < -0.3 is 25.8 Å². The molecule has 0 aromatic heterocycles. The van der Waals surface area contributed by atoms with Gasteiger partial charge in [-0.25, -0.2) is 13.6 Å². The summed E-state index contributed by atoms with van der Waals surface area (Å²) in [6, 6.07) is -0.755. The molecule has 11 heteroatoms. The molecule has 6 aliphatic rings. The molecule has 2 bridgehead atoms. The fraction of sp³-hybridized carbons (Fsp3) is 0.871. The Balaban J connectivity index is 1.36. The van der Waals surface area contributed by atoms with Crippen LogP contribution in [0.5, 0.6) is 0 Å². The average Bonchev–Trinajstić information content (AvgIpc) is 2.98. The number of amides is 3. The van der Waals surface area contributed by atoms with Gasteiger partial charge in [0.2, 0.25) is 5.91 Å². The lowest BCUT2D eigenvalue weighted by atomic mass is 9.71. The molecule has 3 amide bonds. The second-order valence-corrected chi connectivity index (χ2v) is 13.9. The predicted molar refractivity (Wildman–Crippen MR) is 158 cm³/mol. The number of rotatable bonds is 3. The third-order valence-corrected chi connectivity index (χ3v) is 11.3. The molecule has 1 saturated carbocycles. The van der Waals surface area contributed by atoms with E-state index >= 15 is 8.78 Å². The maximum atomic E-state index is 16.4. The predicted octanol–water partition coefficient (Wildman–Crippen LogP) is 2.20. The van der Waals surface area contributed by atoms with Gasteiger partial charge in [-0.05, 0) is 75.9 Å². The molecule has 4 N–H and O–H groups in total. The van der Waals surface area contributed by atoms with Gasteiger partial charge in [0.1, 0.15) is 12.3 Å². The first-order valence-electron chi connectivity index (χ1n) is 16.5. The first-order chi connectivity index (χ1) is 20.3. The van der Waals surface area contributed by atoms with E-state index in [0.717, 1.165) is 45.2 Å². The summed E-state index contributed by atoms with van der Waals surface area (Å²) in [6.07, 6.45) is 3.65. The van der Waals surface area contributed by atoms with E-state index in [1.54, 1.807) is 4.90 Å². The molecule has 9 nitrogen and oxygen atoms in total. The molecule has 5 heterocycles. The average molecular weight is 592 g/mol. The summed E-state index contributed by atoms with van der Waals surface area (Å²) in [7, 11) is 0. The van der Waals surface area contributed by atoms with Gasteiger partial charge in [-0.15, -0.1) is 0 Å². The lowest BCUT2D eigenvalue weighted by Crippen LogP contribution is -2.79. The van der Waals surface area contributed by atoms with Gasteiger partial charge in [0.25, 0.3) is 0 Å². The molecule has 236 valence electrons. The van der Waals surface area contributed by atoms with E-state index in [4.69, 9.17) is 0 Å². The number of alkyl halides is 2. The highest BCUT2D eigenvalue weighted by molar-refractivity contribution is 5.87.